The Kier molecular flexibility index (Phi) is 5.70. The fourth-order valence-electron chi connectivity index (χ4n) is 1.97. The molecule has 0 bridgehead atoms. The molecule has 0 fully saturated rings. The number of para-hydroxylation sites is 1. The molecule has 2 rings (SSSR count). The summed E-state index contributed by atoms with van der Waals surface area (Å²) < 4.78 is 15.2. The predicted molar refractivity (Wildman–Crippen MR) is 80.9 cm³/mol. The number of hydrogen-bond acceptors (Lipinski definition) is 6. The molecule has 8 nitrogen and oxygen atoms in total. The number of nitrogens with one attached hydrogen (secondary N) is 2. The van der Waals surface area contributed by atoms with Gasteiger partial charge < -0.3 is 19.3 Å². The van der Waals surface area contributed by atoms with Crippen LogP contribution in [-0.2, 0) is 14.3 Å². The Morgan fingerprint density at radius 2 is 2.00 bits per heavy atom. The topological polar surface area (TPSA) is 103 Å². The third-order valence-corrected chi connectivity index (χ3v) is 3.10. The average Bonchev–Trinajstić information content (AvgIpc) is 3.08. The second-order valence-corrected chi connectivity index (χ2v) is 4.52. The fraction of sp³-hybridized carbons (Fsp3) is 0.267. The highest BCUT2D eigenvalue weighted by Crippen LogP contribution is 2.26. The molecule has 0 unspecified atom stereocenters. The lowest BCUT2D eigenvalue weighted by atomic mass is 10.1. The number of benzene rings is 1. The van der Waals surface area contributed by atoms with E-state index in [0.29, 0.717) is 5.75 Å². The monoisotopic (exact) mass is 319 g/mol. The second kappa shape index (κ2) is 7.95. The van der Waals surface area contributed by atoms with Crippen molar-refractivity contribution >= 4 is 17.6 Å². The molecule has 0 saturated carbocycles. The standard InChI is InChI=1S/C15H17N3O5/c1-21-11-6-4-3-5-10(11)12(22-2)9-16-14(19)15(20)17-13-7-8-23-18-13/h3-8,12H,9H2,1-2H3,(H,16,19)(H,17,18,20)/t12-/m0/s1. The Bertz CT molecular complexity index is 657. The molecular formula is C15H17N3O5. The van der Waals surface area contributed by atoms with E-state index in [2.05, 4.69) is 20.3 Å². The van der Waals surface area contributed by atoms with Crippen LogP contribution in [0.15, 0.2) is 41.1 Å². The molecule has 1 heterocycles. The molecule has 1 aromatic carbocycles. The van der Waals surface area contributed by atoms with E-state index in [1.807, 2.05) is 18.2 Å². The number of hydrogen-bond donors (Lipinski definition) is 2. The number of carbonyl (C=O) groups excluding carboxylic acids is 2. The lowest BCUT2D eigenvalue weighted by molar-refractivity contribution is -0.136. The van der Waals surface area contributed by atoms with Gasteiger partial charge in [-0.15, -0.1) is 0 Å². The van der Waals surface area contributed by atoms with Crippen molar-refractivity contribution in [2.45, 2.75) is 6.10 Å². The van der Waals surface area contributed by atoms with E-state index in [-0.39, 0.29) is 12.4 Å². The first kappa shape index (κ1) is 16.5. The summed E-state index contributed by atoms with van der Waals surface area (Å²) in [5.41, 5.74) is 0.773. The summed E-state index contributed by atoms with van der Waals surface area (Å²) in [7, 11) is 3.06. The van der Waals surface area contributed by atoms with Gasteiger partial charge in [0.2, 0.25) is 0 Å². The zero-order chi connectivity index (χ0) is 16.7. The molecule has 0 aliphatic rings. The molecule has 0 saturated heterocycles. The molecule has 0 spiro atoms. The minimum atomic E-state index is -0.839. The highest BCUT2D eigenvalue weighted by molar-refractivity contribution is 6.39. The number of rotatable bonds is 6. The van der Waals surface area contributed by atoms with Gasteiger partial charge in [0.1, 0.15) is 18.1 Å². The van der Waals surface area contributed by atoms with Gasteiger partial charge in [0, 0.05) is 25.3 Å². The SMILES string of the molecule is COc1ccccc1[C@H](CNC(=O)C(=O)Nc1ccon1)OC. The maximum atomic E-state index is 11.8. The van der Waals surface area contributed by atoms with E-state index in [1.165, 1.54) is 19.4 Å². The Labute approximate surface area is 132 Å². The van der Waals surface area contributed by atoms with Gasteiger partial charge in [0.15, 0.2) is 5.82 Å². The first-order valence-corrected chi connectivity index (χ1v) is 6.81. The van der Waals surface area contributed by atoms with Crippen LogP contribution in [0.25, 0.3) is 0 Å². The van der Waals surface area contributed by atoms with Gasteiger partial charge in [-0.1, -0.05) is 23.4 Å². The smallest absolute Gasteiger partial charge is 0.314 e. The first-order valence-electron chi connectivity index (χ1n) is 6.81. The van der Waals surface area contributed by atoms with Crippen molar-refractivity contribution in [3.8, 4) is 5.75 Å². The number of methoxy groups -OCH3 is 2. The predicted octanol–water partition coefficient (Wildman–Crippen LogP) is 1.13. The molecule has 122 valence electrons. The summed E-state index contributed by atoms with van der Waals surface area (Å²) in [6.07, 6.45) is 0.839. The molecule has 8 heteroatoms. The third-order valence-electron chi connectivity index (χ3n) is 3.10. The number of anilines is 1. The number of aromatic nitrogens is 1. The summed E-state index contributed by atoms with van der Waals surface area (Å²) in [4.78, 5) is 23.5. The van der Waals surface area contributed by atoms with Crippen molar-refractivity contribution in [1.82, 2.24) is 10.5 Å². The van der Waals surface area contributed by atoms with Crippen LogP contribution in [-0.4, -0.2) is 37.7 Å². The summed E-state index contributed by atoms with van der Waals surface area (Å²) in [5.74, 6) is -0.836. The summed E-state index contributed by atoms with van der Waals surface area (Å²) in [6, 6.07) is 8.72. The molecule has 1 aromatic heterocycles. The Hall–Kier alpha value is -2.87. The van der Waals surface area contributed by atoms with Crippen LogP contribution in [0.4, 0.5) is 5.82 Å². The molecule has 2 N–H and O–H groups in total. The zero-order valence-electron chi connectivity index (χ0n) is 12.7. The van der Waals surface area contributed by atoms with Crippen LogP contribution >= 0.6 is 0 Å². The van der Waals surface area contributed by atoms with Gasteiger partial charge in [-0.2, -0.15) is 0 Å². The van der Waals surface area contributed by atoms with E-state index in [4.69, 9.17) is 9.47 Å². The number of carbonyl (C=O) groups is 2. The van der Waals surface area contributed by atoms with Crippen molar-refractivity contribution in [1.29, 1.82) is 0 Å². The summed E-state index contributed by atoms with van der Waals surface area (Å²) in [6.45, 7) is 0.113. The van der Waals surface area contributed by atoms with Crippen LogP contribution in [0.2, 0.25) is 0 Å². The van der Waals surface area contributed by atoms with Crippen LogP contribution in [0.3, 0.4) is 0 Å². The van der Waals surface area contributed by atoms with Crippen molar-refractivity contribution in [2.75, 3.05) is 26.1 Å². The largest absolute Gasteiger partial charge is 0.496 e. The van der Waals surface area contributed by atoms with Crippen LogP contribution in [0, 0.1) is 0 Å². The Morgan fingerprint density at radius 3 is 2.65 bits per heavy atom. The molecule has 0 radical (unpaired) electrons. The molecule has 0 aliphatic heterocycles. The average molecular weight is 319 g/mol. The molecule has 23 heavy (non-hydrogen) atoms. The maximum Gasteiger partial charge on any atom is 0.314 e. The normalized spacial score (nSPS) is 11.6. The van der Waals surface area contributed by atoms with Gasteiger partial charge in [-0.05, 0) is 6.07 Å². The summed E-state index contributed by atoms with van der Waals surface area (Å²) >= 11 is 0. The van der Waals surface area contributed by atoms with E-state index in [1.54, 1.807) is 13.2 Å². The molecule has 1 atom stereocenters. The minimum absolute atomic E-state index is 0.113. The van der Waals surface area contributed by atoms with Gasteiger partial charge in [0.05, 0.1) is 7.11 Å². The maximum absolute atomic E-state index is 11.8. The van der Waals surface area contributed by atoms with E-state index in [0.717, 1.165) is 5.56 Å². The van der Waals surface area contributed by atoms with Crippen molar-refractivity contribution in [2.24, 2.45) is 0 Å². The van der Waals surface area contributed by atoms with Crippen LogP contribution < -0.4 is 15.4 Å². The molecule has 0 aliphatic carbocycles. The van der Waals surface area contributed by atoms with E-state index < -0.39 is 17.9 Å². The zero-order valence-corrected chi connectivity index (χ0v) is 12.7. The fourth-order valence-corrected chi connectivity index (χ4v) is 1.97. The molecular weight excluding hydrogens is 302 g/mol. The van der Waals surface area contributed by atoms with Crippen molar-refractivity contribution in [3.63, 3.8) is 0 Å². The van der Waals surface area contributed by atoms with E-state index in [9.17, 15) is 9.59 Å². The number of nitrogens with zero attached hydrogens (tertiary/aromatic N) is 1. The van der Waals surface area contributed by atoms with Crippen LogP contribution in [0.5, 0.6) is 5.75 Å². The number of amides is 2. The first-order chi connectivity index (χ1) is 11.2. The third kappa shape index (κ3) is 4.30. The Morgan fingerprint density at radius 1 is 1.22 bits per heavy atom. The van der Waals surface area contributed by atoms with Crippen LogP contribution in [0.1, 0.15) is 11.7 Å². The molecule has 2 amide bonds. The van der Waals surface area contributed by atoms with Gasteiger partial charge in [-0.25, -0.2) is 0 Å². The lowest BCUT2D eigenvalue weighted by Crippen LogP contribution is -2.38. The number of ether oxygens (including phenoxy) is 2. The van der Waals surface area contributed by atoms with Crippen molar-refractivity contribution in [3.05, 3.63) is 42.2 Å². The second-order valence-electron chi connectivity index (χ2n) is 4.52. The molecule has 2 aromatic rings. The summed E-state index contributed by atoms with van der Waals surface area (Å²) in [5, 5.41) is 8.30. The van der Waals surface area contributed by atoms with Gasteiger partial charge in [0.25, 0.3) is 0 Å². The van der Waals surface area contributed by atoms with Gasteiger partial charge in [-0.3, -0.25) is 14.9 Å². The highest BCUT2D eigenvalue weighted by atomic mass is 16.5. The quantitative estimate of drug-likeness (QED) is 0.774. The highest BCUT2D eigenvalue weighted by Gasteiger charge is 2.19. The minimum Gasteiger partial charge on any atom is -0.496 e. The Balaban J connectivity index is 1.94. The van der Waals surface area contributed by atoms with Gasteiger partial charge >= 0.3 is 11.8 Å². The van der Waals surface area contributed by atoms with E-state index >= 15 is 0 Å². The van der Waals surface area contributed by atoms with Crippen molar-refractivity contribution < 1.29 is 23.6 Å². The lowest BCUT2D eigenvalue weighted by Gasteiger charge is -2.18.